The lowest BCUT2D eigenvalue weighted by atomic mass is 9.63. The number of halogens is 1. The number of carbonyl (C=O) groups excluding carboxylic acids is 2. The minimum Gasteiger partial charge on any atom is -0.508 e. The van der Waals surface area contributed by atoms with Crippen LogP contribution in [0.3, 0.4) is 0 Å². The number of anilines is 1. The van der Waals surface area contributed by atoms with Crippen LogP contribution in [-0.4, -0.2) is 27.8 Å². The molecule has 0 spiro atoms. The number of phenols is 1. The van der Waals surface area contributed by atoms with Crippen LogP contribution in [0, 0.1) is 23.7 Å². The Morgan fingerprint density at radius 3 is 2.56 bits per heavy atom. The number of hydrogen-bond acceptors (Lipinski definition) is 5. The lowest BCUT2D eigenvalue weighted by molar-refractivity contribution is -0.270. The predicted octanol–water partition coefficient (Wildman–Crippen LogP) is 4.44. The molecule has 5 rings (SSSR count). The van der Waals surface area contributed by atoms with Crippen LogP contribution in [0.2, 0.25) is 5.02 Å². The summed E-state index contributed by atoms with van der Waals surface area (Å²) >= 11 is 6.37. The fraction of sp³-hybridized carbons (Fsp3) is 0.440. The van der Waals surface area contributed by atoms with Gasteiger partial charge in [-0.15, -0.1) is 0 Å². The lowest BCUT2D eigenvalue weighted by Gasteiger charge is -2.44. The van der Waals surface area contributed by atoms with E-state index in [4.69, 9.17) is 16.3 Å². The van der Waals surface area contributed by atoms with Gasteiger partial charge >= 0.3 is 0 Å². The van der Waals surface area contributed by atoms with E-state index >= 15 is 0 Å². The molecule has 0 bridgehead atoms. The van der Waals surface area contributed by atoms with Crippen molar-refractivity contribution in [1.29, 1.82) is 0 Å². The molecule has 32 heavy (non-hydrogen) atoms. The highest BCUT2D eigenvalue weighted by atomic mass is 35.5. The number of para-hydroxylation sites is 1. The monoisotopic (exact) mass is 455 g/mol. The molecule has 2 saturated heterocycles. The van der Waals surface area contributed by atoms with Gasteiger partial charge in [0.15, 0.2) is 5.79 Å². The molecule has 2 aliphatic heterocycles. The second-order valence-corrected chi connectivity index (χ2v) is 9.51. The summed E-state index contributed by atoms with van der Waals surface area (Å²) in [7, 11) is 0. The van der Waals surface area contributed by atoms with Crippen molar-refractivity contribution in [1.82, 2.24) is 0 Å². The first kappa shape index (κ1) is 21.4. The highest BCUT2D eigenvalue weighted by molar-refractivity contribution is 6.31. The number of ether oxygens (including phenoxy) is 1. The van der Waals surface area contributed by atoms with Crippen molar-refractivity contribution in [2.24, 2.45) is 23.7 Å². The Morgan fingerprint density at radius 1 is 1.12 bits per heavy atom. The molecule has 3 fully saturated rings. The largest absolute Gasteiger partial charge is 0.508 e. The zero-order valence-corrected chi connectivity index (χ0v) is 18.5. The first-order valence-electron chi connectivity index (χ1n) is 11.2. The summed E-state index contributed by atoms with van der Waals surface area (Å²) in [6, 6.07) is 13.6. The first-order chi connectivity index (χ1) is 15.3. The van der Waals surface area contributed by atoms with Gasteiger partial charge in [-0.1, -0.05) is 49.2 Å². The van der Waals surface area contributed by atoms with Gasteiger partial charge in [-0.3, -0.25) is 14.5 Å². The van der Waals surface area contributed by atoms with Crippen LogP contribution in [0.5, 0.6) is 5.75 Å². The zero-order valence-electron chi connectivity index (χ0n) is 17.8. The summed E-state index contributed by atoms with van der Waals surface area (Å²) in [5, 5.41) is 21.8. The SMILES string of the molecule is CCC[C@H]1C[C@@H]2C(=O)N(c3ccccc3)C(=O)[C@@H]2[C@@H]2C[C@@H](c3ccc(O)cc3Cl)O[C@]12O. The number of phenolic OH excluding ortho intramolecular Hbond substituents is 1. The third kappa shape index (κ3) is 3.16. The molecule has 7 heteroatoms. The topological polar surface area (TPSA) is 87.1 Å². The third-order valence-corrected chi connectivity index (χ3v) is 7.67. The molecule has 0 aromatic heterocycles. The molecule has 6 atom stereocenters. The predicted molar refractivity (Wildman–Crippen MR) is 119 cm³/mol. The number of aliphatic hydroxyl groups is 1. The van der Waals surface area contributed by atoms with Gasteiger partial charge in [0.2, 0.25) is 11.8 Å². The van der Waals surface area contributed by atoms with Gasteiger partial charge in [0.05, 0.1) is 28.6 Å². The quantitative estimate of drug-likeness (QED) is 0.665. The first-order valence-corrected chi connectivity index (χ1v) is 11.5. The minimum atomic E-state index is -1.51. The molecule has 0 radical (unpaired) electrons. The smallest absolute Gasteiger partial charge is 0.238 e. The van der Waals surface area contributed by atoms with Crippen LogP contribution >= 0.6 is 11.6 Å². The van der Waals surface area contributed by atoms with Crippen molar-refractivity contribution in [2.75, 3.05) is 4.90 Å². The number of hydrogen-bond donors (Lipinski definition) is 2. The van der Waals surface area contributed by atoms with Gasteiger partial charge < -0.3 is 14.9 Å². The van der Waals surface area contributed by atoms with Crippen LogP contribution in [0.15, 0.2) is 48.5 Å². The highest BCUT2D eigenvalue weighted by Crippen LogP contribution is 2.59. The zero-order chi connectivity index (χ0) is 22.6. The minimum absolute atomic E-state index is 0.0480. The molecule has 168 valence electrons. The molecule has 3 aliphatic rings. The van der Waals surface area contributed by atoms with E-state index in [0.717, 1.165) is 6.42 Å². The molecule has 1 aliphatic carbocycles. The maximum absolute atomic E-state index is 13.5. The average molecular weight is 456 g/mol. The number of amides is 2. The molecule has 2 aromatic carbocycles. The second kappa shape index (κ2) is 7.87. The van der Waals surface area contributed by atoms with Gasteiger partial charge in [0.25, 0.3) is 0 Å². The van der Waals surface area contributed by atoms with E-state index in [9.17, 15) is 19.8 Å². The average Bonchev–Trinajstić information content (AvgIpc) is 3.23. The van der Waals surface area contributed by atoms with Crippen LogP contribution in [-0.2, 0) is 14.3 Å². The number of rotatable bonds is 4. The summed E-state index contributed by atoms with van der Waals surface area (Å²) in [4.78, 5) is 28.2. The number of aromatic hydroxyl groups is 1. The normalized spacial score (nSPS) is 34.0. The Hall–Kier alpha value is -2.41. The van der Waals surface area contributed by atoms with Crippen LogP contribution < -0.4 is 4.90 Å². The Morgan fingerprint density at radius 2 is 1.88 bits per heavy atom. The van der Waals surface area contributed by atoms with Crippen molar-refractivity contribution in [3.63, 3.8) is 0 Å². The molecular weight excluding hydrogens is 430 g/mol. The maximum Gasteiger partial charge on any atom is 0.238 e. The summed E-state index contributed by atoms with van der Waals surface area (Å²) in [6.45, 7) is 2.03. The van der Waals surface area contributed by atoms with E-state index in [1.807, 2.05) is 13.0 Å². The Kier molecular flexibility index (Phi) is 5.27. The fourth-order valence-corrected chi connectivity index (χ4v) is 6.26. The molecule has 6 nitrogen and oxygen atoms in total. The molecule has 0 unspecified atom stereocenters. The molecule has 2 heterocycles. The Balaban J connectivity index is 1.54. The van der Waals surface area contributed by atoms with Crippen molar-refractivity contribution < 1.29 is 24.5 Å². The summed E-state index contributed by atoms with van der Waals surface area (Å²) in [6.07, 6.45) is 1.79. The standard InChI is InChI=1S/C25H26ClNO5/c1-2-6-14-11-18-22(24(30)27(23(18)29)15-7-4-3-5-8-15)19-13-21(32-25(14,19)31)17-10-9-16(28)12-20(17)26/h3-5,7-10,12,14,18-19,21-22,28,31H,2,6,11,13H2,1H3/t14-,18-,19-,21-,22-,25+/m0/s1. The van der Waals surface area contributed by atoms with Gasteiger partial charge in [-0.05, 0) is 49.1 Å². The van der Waals surface area contributed by atoms with Crippen LogP contribution in [0.4, 0.5) is 5.69 Å². The fourth-order valence-electron chi connectivity index (χ4n) is 5.96. The Bertz CT molecular complexity index is 1060. The van der Waals surface area contributed by atoms with Crippen molar-refractivity contribution in [3.8, 4) is 5.75 Å². The van der Waals surface area contributed by atoms with E-state index < -0.39 is 29.6 Å². The van der Waals surface area contributed by atoms with E-state index in [2.05, 4.69) is 0 Å². The Labute approximate surface area is 191 Å². The second-order valence-electron chi connectivity index (χ2n) is 9.11. The van der Waals surface area contributed by atoms with E-state index in [1.54, 1.807) is 30.3 Å². The van der Waals surface area contributed by atoms with E-state index in [1.165, 1.54) is 17.0 Å². The van der Waals surface area contributed by atoms with Crippen molar-refractivity contribution >= 4 is 29.1 Å². The van der Waals surface area contributed by atoms with Crippen molar-refractivity contribution in [3.05, 3.63) is 59.1 Å². The van der Waals surface area contributed by atoms with Gasteiger partial charge in [0, 0.05) is 11.8 Å². The molecular formula is C25H26ClNO5. The number of benzene rings is 2. The highest BCUT2D eigenvalue weighted by Gasteiger charge is 2.66. The number of carbonyl (C=O) groups is 2. The summed E-state index contributed by atoms with van der Waals surface area (Å²) in [5.41, 5.74) is 1.22. The van der Waals surface area contributed by atoms with Crippen molar-refractivity contribution in [2.45, 2.75) is 44.5 Å². The summed E-state index contributed by atoms with van der Waals surface area (Å²) in [5.74, 6) is -3.81. The van der Waals surface area contributed by atoms with Crippen LogP contribution in [0.25, 0.3) is 0 Å². The number of nitrogens with zero attached hydrogens (tertiary/aromatic N) is 1. The molecule has 2 aromatic rings. The molecule has 2 N–H and O–H groups in total. The number of imide groups is 1. The third-order valence-electron chi connectivity index (χ3n) is 7.35. The van der Waals surface area contributed by atoms with Gasteiger partial charge in [-0.2, -0.15) is 0 Å². The van der Waals surface area contributed by atoms with Gasteiger partial charge in [0.1, 0.15) is 5.75 Å². The molecule has 2 amide bonds. The maximum atomic E-state index is 13.5. The van der Waals surface area contributed by atoms with Gasteiger partial charge in [-0.25, -0.2) is 0 Å². The number of fused-ring (bicyclic) bond motifs is 3. The lowest BCUT2D eigenvalue weighted by Crippen LogP contribution is -2.53. The summed E-state index contributed by atoms with van der Waals surface area (Å²) < 4.78 is 6.26. The van der Waals surface area contributed by atoms with E-state index in [0.29, 0.717) is 35.5 Å². The van der Waals surface area contributed by atoms with E-state index in [-0.39, 0.29) is 23.5 Å². The van der Waals surface area contributed by atoms with Crippen LogP contribution in [0.1, 0.15) is 44.3 Å². The molecule has 1 saturated carbocycles.